The molecule has 2 aromatic carbocycles. The second-order valence-electron chi connectivity index (χ2n) is 8.68. The number of rotatable bonds is 6. The maximum Gasteiger partial charge on any atom is 0.243 e. The number of hydrogen-bond donors (Lipinski definition) is 1. The van der Waals surface area contributed by atoms with Crippen LogP contribution in [0.4, 0.5) is 5.69 Å². The Kier molecular flexibility index (Phi) is 7.51. The first kappa shape index (κ1) is 23.2. The van der Waals surface area contributed by atoms with Crippen LogP contribution in [-0.2, 0) is 21.4 Å². The van der Waals surface area contributed by atoms with Crippen molar-refractivity contribution in [1.82, 2.24) is 9.21 Å². The fraction of sp³-hybridized carbons (Fsp3) is 0.458. The summed E-state index contributed by atoms with van der Waals surface area (Å²) in [5.74, 6) is -0.118. The van der Waals surface area contributed by atoms with E-state index in [9.17, 15) is 13.2 Å². The van der Waals surface area contributed by atoms with Crippen LogP contribution in [0.15, 0.2) is 53.4 Å². The molecule has 2 fully saturated rings. The van der Waals surface area contributed by atoms with Crippen molar-refractivity contribution in [3.05, 3.63) is 59.1 Å². The van der Waals surface area contributed by atoms with Crippen LogP contribution in [0, 0.1) is 5.92 Å². The van der Waals surface area contributed by atoms with Crippen LogP contribution in [0.1, 0.15) is 37.7 Å². The number of carbonyl (C=O) groups excluding carboxylic acids is 1. The Morgan fingerprint density at radius 1 is 1.00 bits per heavy atom. The van der Waals surface area contributed by atoms with E-state index in [4.69, 9.17) is 11.6 Å². The van der Waals surface area contributed by atoms with Crippen molar-refractivity contribution in [2.24, 2.45) is 5.92 Å². The van der Waals surface area contributed by atoms with E-state index >= 15 is 0 Å². The Bertz CT molecular complexity index is 1040. The Morgan fingerprint density at radius 2 is 1.75 bits per heavy atom. The van der Waals surface area contributed by atoms with Crippen molar-refractivity contribution in [2.45, 2.75) is 43.5 Å². The summed E-state index contributed by atoms with van der Waals surface area (Å²) < 4.78 is 27.2. The highest BCUT2D eigenvalue weighted by atomic mass is 35.5. The summed E-state index contributed by atoms with van der Waals surface area (Å²) >= 11 is 6.09. The Hall–Kier alpha value is -1.93. The molecule has 0 saturated carbocycles. The largest absolute Gasteiger partial charge is 0.326 e. The summed E-state index contributed by atoms with van der Waals surface area (Å²) in [6.45, 7) is 3.58. The monoisotopic (exact) mass is 475 g/mol. The molecule has 2 saturated heterocycles. The molecule has 4 rings (SSSR count). The highest BCUT2D eigenvalue weighted by Gasteiger charge is 2.27. The molecular formula is C24H30ClN3O3S. The fourth-order valence-corrected chi connectivity index (χ4v) is 6.25. The molecule has 1 amide bonds. The minimum absolute atomic E-state index is 0.0209. The predicted molar refractivity (Wildman–Crippen MR) is 127 cm³/mol. The Balaban J connectivity index is 1.35. The van der Waals surface area contributed by atoms with E-state index in [1.165, 1.54) is 0 Å². The molecule has 0 aromatic heterocycles. The number of anilines is 1. The van der Waals surface area contributed by atoms with Crippen molar-refractivity contribution < 1.29 is 13.2 Å². The van der Waals surface area contributed by atoms with Gasteiger partial charge in [0.05, 0.1) is 10.8 Å². The molecule has 1 unspecified atom stereocenters. The Labute approximate surface area is 195 Å². The number of hydrogen-bond acceptors (Lipinski definition) is 4. The minimum atomic E-state index is -3.46. The quantitative estimate of drug-likeness (QED) is 0.673. The van der Waals surface area contributed by atoms with Gasteiger partial charge in [0.1, 0.15) is 0 Å². The number of amides is 1. The van der Waals surface area contributed by atoms with Gasteiger partial charge in [-0.3, -0.25) is 9.69 Å². The standard InChI is InChI=1S/C24H30ClN3O3S/c25-21-8-4-6-19(16-21)17-27-13-5-7-20(18-27)24(29)26-22-9-11-23(12-10-22)32(30,31)28-14-2-1-3-15-28/h4,6,8-12,16,20H,1-3,5,7,13-15,17-18H2,(H,26,29). The number of likely N-dealkylation sites (tertiary alicyclic amines) is 1. The summed E-state index contributed by atoms with van der Waals surface area (Å²) in [6, 6.07) is 14.4. The molecule has 172 valence electrons. The number of nitrogens with zero attached hydrogens (tertiary/aromatic N) is 2. The lowest BCUT2D eigenvalue weighted by Gasteiger charge is -2.32. The zero-order chi connectivity index (χ0) is 22.6. The molecule has 6 nitrogen and oxygen atoms in total. The molecule has 2 aliphatic rings. The van der Waals surface area contributed by atoms with Gasteiger partial charge in [-0.2, -0.15) is 4.31 Å². The van der Waals surface area contributed by atoms with Crippen molar-refractivity contribution in [1.29, 1.82) is 0 Å². The SMILES string of the molecule is O=C(Nc1ccc(S(=O)(=O)N2CCCCC2)cc1)C1CCCN(Cc2cccc(Cl)c2)C1. The first-order chi connectivity index (χ1) is 15.4. The van der Waals surface area contributed by atoms with Crippen molar-refractivity contribution in [2.75, 3.05) is 31.5 Å². The zero-order valence-corrected chi connectivity index (χ0v) is 19.7. The summed E-state index contributed by atoms with van der Waals surface area (Å²) in [5, 5.41) is 3.69. The third-order valence-corrected chi connectivity index (χ3v) is 8.39. The highest BCUT2D eigenvalue weighted by Crippen LogP contribution is 2.24. The van der Waals surface area contributed by atoms with Crippen LogP contribution >= 0.6 is 11.6 Å². The van der Waals surface area contributed by atoms with Gasteiger partial charge in [0.25, 0.3) is 0 Å². The van der Waals surface area contributed by atoms with E-state index in [-0.39, 0.29) is 16.7 Å². The van der Waals surface area contributed by atoms with Crippen molar-refractivity contribution >= 4 is 33.2 Å². The topological polar surface area (TPSA) is 69.7 Å². The molecule has 2 heterocycles. The molecule has 32 heavy (non-hydrogen) atoms. The van der Waals surface area contributed by atoms with Crippen molar-refractivity contribution in [3.63, 3.8) is 0 Å². The molecule has 0 spiro atoms. The normalized spacial score (nSPS) is 20.7. The maximum absolute atomic E-state index is 12.9. The number of piperidine rings is 2. The maximum atomic E-state index is 12.9. The van der Waals surface area contributed by atoms with Crippen LogP contribution in [0.3, 0.4) is 0 Å². The third-order valence-electron chi connectivity index (χ3n) is 6.25. The molecule has 2 aliphatic heterocycles. The van der Waals surface area contributed by atoms with E-state index < -0.39 is 10.0 Å². The van der Waals surface area contributed by atoms with Gasteiger partial charge < -0.3 is 5.32 Å². The fourth-order valence-electron chi connectivity index (χ4n) is 4.52. The lowest BCUT2D eigenvalue weighted by Crippen LogP contribution is -2.40. The van der Waals surface area contributed by atoms with Crippen LogP contribution in [-0.4, -0.2) is 49.7 Å². The minimum Gasteiger partial charge on any atom is -0.326 e. The highest BCUT2D eigenvalue weighted by molar-refractivity contribution is 7.89. The first-order valence-electron chi connectivity index (χ1n) is 11.3. The summed E-state index contributed by atoms with van der Waals surface area (Å²) in [6.07, 6.45) is 4.70. The number of carbonyl (C=O) groups is 1. The predicted octanol–water partition coefficient (Wildman–Crippen LogP) is 4.37. The third kappa shape index (κ3) is 5.70. The average molecular weight is 476 g/mol. The zero-order valence-electron chi connectivity index (χ0n) is 18.2. The summed E-state index contributed by atoms with van der Waals surface area (Å²) in [4.78, 5) is 15.4. The lowest BCUT2D eigenvalue weighted by atomic mass is 9.96. The second kappa shape index (κ2) is 10.3. The molecule has 8 heteroatoms. The van der Waals surface area contributed by atoms with Gasteiger partial charge in [-0.25, -0.2) is 8.42 Å². The molecule has 0 aliphatic carbocycles. The van der Waals surface area contributed by atoms with Crippen LogP contribution in [0.25, 0.3) is 0 Å². The van der Waals surface area contributed by atoms with Crippen LogP contribution < -0.4 is 5.32 Å². The van der Waals surface area contributed by atoms with E-state index in [1.54, 1.807) is 28.6 Å². The number of halogens is 1. The van der Waals surface area contributed by atoms with Gasteiger partial charge in [0, 0.05) is 36.9 Å². The van der Waals surface area contributed by atoms with Gasteiger partial charge in [0.2, 0.25) is 15.9 Å². The van der Waals surface area contributed by atoms with E-state index in [0.717, 1.165) is 55.8 Å². The molecule has 1 N–H and O–H groups in total. The first-order valence-corrected chi connectivity index (χ1v) is 13.1. The number of nitrogens with one attached hydrogen (secondary N) is 1. The van der Waals surface area contributed by atoms with Crippen molar-refractivity contribution in [3.8, 4) is 0 Å². The van der Waals surface area contributed by atoms with E-state index in [1.807, 2.05) is 18.2 Å². The van der Waals surface area contributed by atoms with Gasteiger partial charge in [0.15, 0.2) is 0 Å². The molecule has 1 atom stereocenters. The lowest BCUT2D eigenvalue weighted by molar-refractivity contribution is -0.121. The molecule has 2 aromatic rings. The number of benzene rings is 2. The molecular weight excluding hydrogens is 446 g/mol. The second-order valence-corrected chi connectivity index (χ2v) is 11.1. The van der Waals surface area contributed by atoms with Gasteiger partial charge in [-0.05, 0) is 74.2 Å². The summed E-state index contributed by atoms with van der Waals surface area (Å²) in [5.41, 5.74) is 1.77. The van der Waals surface area contributed by atoms with E-state index in [2.05, 4.69) is 16.3 Å². The van der Waals surface area contributed by atoms with Gasteiger partial charge >= 0.3 is 0 Å². The van der Waals surface area contributed by atoms with Crippen LogP contribution in [0.2, 0.25) is 5.02 Å². The van der Waals surface area contributed by atoms with Gasteiger partial charge in [-0.1, -0.05) is 30.2 Å². The van der Waals surface area contributed by atoms with Crippen LogP contribution in [0.5, 0.6) is 0 Å². The van der Waals surface area contributed by atoms with Gasteiger partial charge in [-0.15, -0.1) is 0 Å². The molecule has 0 radical (unpaired) electrons. The summed E-state index contributed by atoms with van der Waals surface area (Å²) in [7, 11) is -3.46. The Morgan fingerprint density at radius 3 is 2.47 bits per heavy atom. The number of sulfonamides is 1. The average Bonchev–Trinajstić information content (AvgIpc) is 2.80. The molecule has 0 bridgehead atoms. The van der Waals surface area contributed by atoms with E-state index in [0.29, 0.717) is 25.3 Å². The smallest absolute Gasteiger partial charge is 0.243 e.